The Balaban J connectivity index is 1.55. The molecule has 1 aromatic carbocycles. The molecule has 3 rings (SSSR count). The second-order valence-corrected chi connectivity index (χ2v) is 7.60. The summed E-state index contributed by atoms with van der Waals surface area (Å²) in [5.41, 5.74) is 0.945. The summed E-state index contributed by atoms with van der Waals surface area (Å²) < 4.78 is 7.07. The lowest BCUT2D eigenvalue weighted by atomic mass is 10.2. The number of fused-ring (bicyclic) bond motifs is 1. The molecule has 7 heteroatoms. The number of thiazole rings is 1. The van der Waals surface area contributed by atoms with Gasteiger partial charge in [-0.1, -0.05) is 23.9 Å². The number of amides is 1. The van der Waals surface area contributed by atoms with E-state index in [0.717, 1.165) is 14.6 Å². The predicted molar refractivity (Wildman–Crippen MR) is 91.6 cm³/mol. The van der Waals surface area contributed by atoms with Crippen LogP contribution in [0, 0.1) is 0 Å². The van der Waals surface area contributed by atoms with Gasteiger partial charge >= 0.3 is 0 Å². The normalized spacial score (nSPS) is 13.8. The molecule has 2 N–H and O–H groups in total. The van der Waals surface area contributed by atoms with Crippen LogP contribution >= 0.6 is 23.1 Å². The van der Waals surface area contributed by atoms with Crippen LogP contribution in [0.3, 0.4) is 0 Å². The molecule has 0 radical (unpaired) electrons. The molecule has 0 aliphatic heterocycles. The van der Waals surface area contributed by atoms with Gasteiger partial charge in [0.15, 0.2) is 4.34 Å². The lowest BCUT2D eigenvalue weighted by molar-refractivity contribution is -0.120. The van der Waals surface area contributed by atoms with E-state index in [9.17, 15) is 9.90 Å². The number of hydrogen-bond donors (Lipinski definition) is 2. The fourth-order valence-electron chi connectivity index (χ4n) is 2.03. The highest BCUT2D eigenvalue weighted by Crippen LogP contribution is 2.31. The Kier molecular flexibility index (Phi) is 5.00. The molecule has 1 amide bonds. The monoisotopic (exact) mass is 348 g/mol. The van der Waals surface area contributed by atoms with Gasteiger partial charge < -0.3 is 14.8 Å². The maximum Gasteiger partial charge on any atom is 0.233 e. The van der Waals surface area contributed by atoms with E-state index in [2.05, 4.69) is 10.3 Å². The molecule has 0 saturated carbocycles. The minimum Gasteiger partial charge on any atom is -0.467 e. The van der Waals surface area contributed by atoms with E-state index in [-0.39, 0.29) is 17.7 Å². The Morgan fingerprint density at radius 1 is 1.39 bits per heavy atom. The molecule has 2 heterocycles. The number of aliphatic hydroxyl groups is 1. The van der Waals surface area contributed by atoms with Crippen molar-refractivity contribution in [3.05, 3.63) is 48.4 Å². The Labute approximate surface area is 141 Å². The minimum absolute atomic E-state index is 0.122. The van der Waals surface area contributed by atoms with Crippen LogP contribution in [-0.2, 0) is 4.79 Å². The second kappa shape index (κ2) is 7.16. The first-order valence-corrected chi connectivity index (χ1v) is 8.84. The first kappa shape index (κ1) is 16.0. The van der Waals surface area contributed by atoms with E-state index in [1.165, 1.54) is 18.0 Å². The van der Waals surface area contributed by atoms with Crippen molar-refractivity contribution >= 4 is 39.2 Å². The lowest BCUT2D eigenvalue weighted by Crippen LogP contribution is -2.34. The van der Waals surface area contributed by atoms with E-state index in [0.29, 0.717) is 5.76 Å². The van der Waals surface area contributed by atoms with Crippen molar-refractivity contribution in [2.45, 2.75) is 22.6 Å². The lowest BCUT2D eigenvalue weighted by Gasteiger charge is -2.12. The van der Waals surface area contributed by atoms with E-state index in [1.807, 2.05) is 31.2 Å². The van der Waals surface area contributed by atoms with Crippen molar-refractivity contribution in [2.24, 2.45) is 0 Å². The van der Waals surface area contributed by atoms with Gasteiger partial charge in [0.05, 0.1) is 28.3 Å². The van der Waals surface area contributed by atoms with E-state index < -0.39 is 6.10 Å². The number of aliphatic hydroxyl groups excluding tert-OH is 1. The molecule has 2 unspecified atom stereocenters. The number of thioether (sulfide) groups is 1. The van der Waals surface area contributed by atoms with E-state index >= 15 is 0 Å². The zero-order valence-electron chi connectivity index (χ0n) is 12.4. The fourth-order valence-corrected chi connectivity index (χ4v) is 4.26. The third kappa shape index (κ3) is 3.93. The Bertz CT molecular complexity index is 753. The topological polar surface area (TPSA) is 75.4 Å². The summed E-state index contributed by atoms with van der Waals surface area (Å²) >= 11 is 2.99. The molecule has 0 aliphatic carbocycles. The Morgan fingerprint density at radius 3 is 2.96 bits per heavy atom. The predicted octanol–water partition coefficient (Wildman–Crippen LogP) is 3.22. The number of furan rings is 1. The van der Waals surface area contributed by atoms with Crippen molar-refractivity contribution in [3.8, 4) is 0 Å². The number of nitrogens with zero attached hydrogens (tertiary/aromatic N) is 1. The third-order valence-corrected chi connectivity index (χ3v) is 5.49. The summed E-state index contributed by atoms with van der Waals surface area (Å²) in [6.45, 7) is 1.95. The fraction of sp³-hybridized carbons (Fsp3) is 0.250. The van der Waals surface area contributed by atoms with Gasteiger partial charge in [0.2, 0.25) is 5.91 Å². The smallest absolute Gasteiger partial charge is 0.233 e. The molecule has 0 bridgehead atoms. The van der Waals surface area contributed by atoms with Gasteiger partial charge in [0, 0.05) is 0 Å². The van der Waals surface area contributed by atoms with Crippen LogP contribution in [-0.4, -0.2) is 27.8 Å². The molecule has 120 valence electrons. The average molecular weight is 348 g/mol. The van der Waals surface area contributed by atoms with Crippen LogP contribution < -0.4 is 5.32 Å². The first-order chi connectivity index (χ1) is 11.1. The Morgan fingerprint density at radius 2 is 2.22 bits per heavy atom. The maximum atomic E-state index is 12.1. The van der Waals surface area contributed by atoms with Crippen LogP contribution in [0.2, 0.25) is 0 Å². The zero-order valence-corrected chi connectivity index (χ0v) is 14.1. The van der Waals surface area contributed by atoms with Gasteiger partial charge in [-0.2, -0.15) is 0 Å². The number of aromatic nitrogens is 1. The number of hydrogen-bond acceptors (Lipinski definition) is 6. The van der Waals surface area contributed by atoms with Crippen LogP contribution in [0.25, 0.3) is 10.2 Å². The molecule has 0 fully saturated rings. The average Bonchev–Trinajstić information content (AvgIpc) is 3.20. The summed E-state index contributed by atoms with van der Waals surface area (Å²) in [5, 5.41) is 12.3. The third-order valence-electron chi connectivity index (χ3n) is 3.26. The summed E-state index contributed by atoms with van der Waals surface area (Å²) in [6.07, 6.45) is 0.653. The van der Waals surface area contributed by atoms with Gasteiger partial charge in [-0.15, -0.1) is 11.3 Å². The summed E-state index contributed by atoms with van der Waals surface area (Å²) in [4.78, 5) is 16.6. The number of rotatable bonds is 6. The number of carbonyl (C=O) groups excluding carboxylic acids is 1. The van der Waals surface area contributed by atoms with Crippen LogP contribution in [0.4, 0.5) is 0 Å². The van der Waals surface area contributed by atoms with Crippen molar-refractivity contribution in [3.63, 3.8) is 0 Å². The summed E-state index contributed by atoms with van der Waals surface area (Å²) in [6, 6.07) is 11.3. The first-order valence-electron chi connectivity index (χ1n) is 7.15. The molecule has 0 spiro atoms. The molecule has 5 nitrogen and oxygen atoms in total. The summed E-state index contributed by atoms with van der Waals surface area (Å²) in [5.74, 6) is 0.302. The highest BCUT2D eigenvalue weighted by molar-refractivity contribution is 8.02. The van der Waals surface area contributed by atoms with Crippen LogP contribution in [0.1, 0.15) is 18.8 Å². The molecular formula is C16H16N2O3S2. The van der Waals surface area contributed by atoms with Crippen molar-refractivity contribution < 1.29 is 14.3 Å². The number of para-hydroxylation sites is 1. The van der Waals surface area contributed by atoms with E-state index in [1.54, 1.807) is 23.5 Å². The quantitative estimate of drug-likeness (QED) is 0.669. The second-order valence-electron chi connectivity index (χ2n) is 4.98. The maximum absolute atomic E-state index is 12.1. The van der Waals surface area contributed by atoms with E-state index in [4.69, 9.17) is 4.42 Å². The van der Waals surface area contributed by atoms with Gasteiger partial charge in [0.1, 0.15) is 11.9 Å². The largest absolute Gasteiger partial charge is 0.467 e. The molecule has 2 aromatic heterocycles. The van der Waals surface area contributed by atoms with Crippen molar-refractivity contribution in [2.75, 3.05) is 6.54 Å². The van der Waals surface area contributed by atoms with Crippen LogP contribution in [0.15, 0.2) is 51.4 Å². The molecule has 2 atom stereocenters. The van der Waals surface area contributed by atoms with Gasteiger partial charge in [0.25, 0.3) is 0 Å². The molecule has 23 heavy (non-hydrogen) atoms. The van der Waals surface area contributed by atoms with Gasteiger partial charge in [-0.25, -0.2) is 4.98 Å². The van der Waals surface area contributed by atoms with Crippen molar-refractivity contribution in [1.29, 1.82) is 0 Å². The van der Waals surface area contributed by atoms with Gasteiger partial charge in [-0.3, -0.25) is 4.79 Å². The molecule has 0 saturated heterocycles. The highest BCUT2D eigenvalue weighted by Gasteiger charge is 2.18. The highest BCUT2D eigenvalue weighted by atomic mass is 32.2. The number of nitrogens with one attached hydrogen (secondary N) is 1. The van der Waals surface area contributed by atoms with Gasteiger partial charge in [-0.05, 0) is 31.2 Å². The SMILES string of the molecule is CC(Sc1nc2ccccc2s1)C(=O)NCC(O)c1ccco1. The summed E-state index contributed by atoms with van der Waals surface area (Å²) in [7, 11) is 0. The van der Waals surface area contributed by atoms with Crippen molar-refractivity contribution in [1.82, 2.24) is 10.3 Å². The number of carbonyl (C=O) groups is 1. The Hall–Kier alpha value is -1.83. The number of benzene rings is 1. The molecule has 0 aliphatic rings. The molecular weight excluding hydrogens is 332 g/mol. The zero-order chi connectivity index (χ0) is 16.2. The standard InChI is InChI=1S/C16H16N2O3S2/c1-10(15(20)17-9-12(19)13-6-4-8-21-13)22-16-18-11-5-2-3-7-14(11)23-16/h2-8,10,12,19H,9H2,1H3,(H,17,20). The minimum atomic E-state index is -0.839. The molecule has 3 aromatic rings. The van der Waals surface area contributed by atoms with Crippen LogP contribution in [0.5, 0.6) is 0 Å².